The van der Waals surface area contributed by atoms with Crippen LogP contribution < -0.4 is 27.1 Å². The van der Waals surface area contributed by atoms with Crippen molar-refractivity contribution in [1.29, 1.82) is 0 Å². The van der Waals surface area contributed by atoms with E-state index in [0.717, 1.165) is 24.2 Å². The second-order valence-corrected chi connectivity index (χ2v) is 5.85. The fourth-order valence-electron chi connectivity index (χ4n) is 2.56. The van der Waals surface area contributed by atoms with Crippen molar-refractivity contribution in [3.63, 3.8) is 0 Å². The summed E-state index contributed by atoms with van der Waals surface area (Å²) >= 11 is 0. The Morgan fingerprint density at radius 3 is 3.08 bits per heavy atom. The minimum Gasteiger partial charge on any atom is -0.384 e. The van der Waals surface area contributed by atoms with Gasteiger partial charge in [-0.25, -0.2) is 4.98 Å². The van der Waals surface area contributed by atoms with E-state index in [1.807, 2.05) is 19.3 Å². The molecule has 0 radical (unpaired) electrons. The van der Waals surface area contributed by atoms with Crippen molar-refractivity contribution < 1.29 is 4.74 Å². The highest BCUT2D eigenvalue weighted by molar-refractivity contribution is 5.85. The summed E-state index contributed by atoms with van der Waals surface area (Å²) in [6, 6.07) is 0. The number of hydrogen-bond acceptors (Lipinski definition) is 7. The molecule has 1 aliphatic rings. The lowest BCUT2D eigenvalue weighted by atomic mass is 10.1. The Kier molecular flexibility index (Phi) is 5.42. The predicted octanol–water partition coefficient (Wildman–Crippen LogP) is -1.69. The molecule has 0 spiro atoms. The van der Waals surface area contributed by atoms with Crippen LogP contribution in [0.25, 0.3) is 17.5 Å². The summed E-state index contributed by atoms with van der Waals surface area (Å²) < 4.78 is 7.39. The third kappa shape index (κ3) is 4.43. The van der Waals surface area contributed by atoms with Gasteiger partial charge >= 0.3 is 0 Å². The highest BCUT2D eigenvalue weighted by Crippen LogP contribution is 2.11. The number of morpholine rings is 1. The minimum atomic E-state index is 0.0850. The third-order valence-corrected chi connectivity index (χ3v) is 3.89. The Hall–Kier alpha value is -2.71. The average Bonchev–Trinajstić information content (AvgIpc) is 3.07. The highest BCUT2D eigenvalue weighted by atomic mass is 16.5. The zero-order valence-corrected chi connectivity index (χ0v) is 14.3. The van der Waals surface area contributed by atoms with E-state index in [1.54, 1.807) is 23.3 Å². The number of hydrogen-bond donors (Lipinski definition) is 3. The molecule has 0 saturated carbocycles. The molecule has 0 unspecified atom stereocenters. The largest absolute Gasteiger partial charge is 0.384 e. The van der Waals surface area contributed by atoms with Crippen LogP contribution in [0, 0.1) is 0 Å². The Bertz CT molecular complexity index is 852. The van der Waals surface area contributed by atoms with Crippen molar-refractivity contribution in [2.75, 3.05) is 26.2 Å². The topological polar surface area (TPSA) is 103 Å². The van der Waals surface area contributed by atoms with E-state index >= 15 is 0 Å². The lowest BCUT2D eigenvalue weighted by Crippen LogP contribution is -2.46. The van der Waals surface area contributed by atoms with Gasteiger partial charge in [-0.1, -0.05) is 6.58 Å². The van der Waals surface area contributed by atoms with E-state index in [2.05, 4.69) is 32.3 Å². The molecule has 3 rings (SSSR count). The van der Waals surface area contributed by atoms with Gasteiger partial charge < -0.3 is 21.1 Å². The van der Waals surface area contributed by atoms with Gasteiger partial charge in [0.1, 0.15) is 11.2 Å². The van der Waals surface area contributed by atoms with Crippen molar-refractivity contribution in [2.45, 2.75) is 6.10 Å². The third-order valence-electron chi connectivity index (χ3n) is 3.89. The van der Waals surface area contributed by atoms with Gasteiger partial charge in [-0.05, 0) is 11.6 Å². The van der Waals surface area contributed by atoms with Crippen molar-refractivity contribution in [1.82, 2.24) is 30.4 Å². The van der Waals surface area contributed by atoms with Crippen LogP contribution in [0.3, 0.4) is 0 Å². The Morgan fingerprint density at radius 1 is 1.52 bits per heavy atom. The van der Waals surface area contributed by atoms with Crippen molar-refractivity contribution >= 4 is 17.5 Å². The molecular formula is C17H23N7O. The zero-order valence-electron chi connectivity index (χ0n) is 14.3. The quantitative estimate of drug-likeness (QED) is 0.596. The summed E-state index contributed by atoms with van der Waals surface area (Å²) in [6.45, 7) is 7.08. The monoisotopic (exact) mass is 341 g/mol. The summed E-state index contributed by atoms with van der Waals surface area (Å²) in [5.41, 5.74) is 7.91. The van der Waals surface area contributed by atoms with E-state index in [0.29, 0.717) is 29.7 Å². The van der Waals surface area contributed by atoms with E-state index in [1.165, 1.54) is 0 Å². The van der Waals surface area contributed by atoms with Crippen molar-refractivity contribution in [3.05, 3.63) is 47.6 Å². The maximum Gasteiger partial charge on any atom is 0.128 e. The fourth-order valence-corrected chi connectivity index (χ4v) is 2.56. The summed E-state index contributed by atoms with van der Waals surface area (Å²) in [5, 5.41) is 11.9. The number of rotatable bonds is 5. The molecule has 1 saturated heterocycles. The summed E-state index contributed by atoms with van der Waals surface area (Å²) in [7, 11) is 1.86. The van der Waals surface area contributed by atoms with E-state index in [-0.39, 0.29) is 6.10 Å². The van der Waals surface area contributed by atoms with Crippen LogP contribution in [0.2, 0.25) is 0 Å². The molecule has 0 bridgehead atoms. The van der Waals surface area contributed by atoms with Gasteiger partial charge in [0, 0.05) is 50.8 Å². The molecule has 0 aliphatic carbocycles. The molecule has 1 fully saturated rings. The van der Waals surface area contributed by atoms with Crippen LogP contribution >= 0.6 is 0 Å². The predicted molar refractivity (Wildman–Crippen MR) is 96.2 cm³/mol. The number of allylic oxidation sites excluding steroid dienone is 1. The van der Waals surface area contributed by atoms with E-state index < -0.39 is 0 Å². The Labute approximate surface area is 146 Å². The van der Waals surface area contributed by atoms with Crippen LogP contribution in [0.15, 0.2) is 31.4 Å². The van der Waals surface area contributed by atoms with Gasteiger partial charge in [0.15, 0.2) is 0 Å². The molecule has 4 N–H and O–H groups in total. The molecule has 8 nitrogen and oxygen atoms in total. The molecule has 8 heteroatoms. The van der Waals surface area contributed by atoms with Gasteiger partial charge in [0.25, 0.3) is 0 Å². The lowest BCUT2D eigenvalue weighted by molar-refractivity contribution is 0.0314. The zero-order chi connectivity index (χ0) is 17.6. The summed E-state index contributed by atoms with van der Waals surface area (Å²) in [5.74, 6) is 0.465. The molecule has 1 atom stereocenters. The van der Waals surface area contributed by atoms with Crippen LogP contribution in [0.4, 0.5) is 0 Å². The highest BCUT2D eigenvalue weighted by Gasteiger charge is 2.13. The molecular weight excluding hydrogens is 318 g/mol. The van der Waals surface area contributed by atoms with Crippen LogP contribution in [-0.4, -0.2) is 52.1 Å². The second kappa shape index (κ2) is 7.91. The maximum absolute atomic E-state index is 6.19. The first-order valence-corrected chi connectivity index (χ1v) is 8.16. The van der Waals surface area contributed by atoms with E-state index in [9.17, 15) is 0 Å². The minimum absolute atomic E-state index is 0.0850. The van der Waals surface area contributed by atoms with Crippen molar-refractivity contribution in [3.8, 4) is 0 Å². The Balaban J connectivity index is 1.83. The number of nitrogens with two attached hydrogens (primary N) is 1. The smallest absolute Gasteiger partial charge is 0.128 e. The first kappa shape index (κ1) is 17.1. The molecule has 0 aromatic carbocycles. The number of nitrogens with zero attached hydrogens (tertiary/aromatic N) is 4. The number of nitrogens with one attached hydrogen (secondary N) is 2. The first-order valence-electron chi connectivity index (χ1n) is 8.16. The van der Waals surface area contributed by atoms with Gasteiger partial charge in [0.2, 0.25) is 0 Å². The van der Waals surface area contributed by atoms with Crippen LogP contribution in [-0.2, 0) is 11.8 Å². The molecule has 0 amide bonds. The average molecular weight is 341 g/mol. The molecule has 3 heterocycles. The number of aryl methyl sites for hydroxylation is 1. The first-order chi connectivity index (χ1) is 12.1. The van der Waals surface area contributed by atoms with Gasteiger partial charge in [-0.15, -0.1) is 0 Å². The molecule has 2 aromatic heterocycles. The SMILES string of the molecule is C=C(/C=c1/nccn/c1=C(/N)NC[C@H]1CNCCO1)c1cnn(C)c1. The van der Waals surface area contributed by atoms with Gasteiger partial charge in [-0.2, -0.15) is 5.10 Å². The summed E-state index contributed by atoms with van der Waals surface area (Å²) in [4.78, 5) is 8.73. The Morgan fingerprint density at radius 2 is 2.36 bits per heavy atom. The van der Waals surface area contributed by atoms with Gasteiger partial charge in [-0.3, -0.25) is 9.67 Å². The maximum atomic E-state index is 6.19. The molecule has 2 aromatic rings. The fraction of sp³-hybridized carbons (Fsp3) is 0.353. The molecule has 1 aliphatic heterocycles. The lowest BCUT2D eigenvalue weighted by Gasteiger charge is -2.24. The number of ether oxygens (including phenoxy) is 1. The van der Waals surface area contributed by atoms with Gasteiger partial charge in [0.05, 0.1) is 24.3 Å². The van der Waals surface area contributed by atoms with Crippen molar-refractivity contribution in [2.24, 2.45) is 12.8 Å². The van der Waals surface area contributed by atoms with Crippen LogP contribution in [0.1, 0.15) is 5.56 Å². The number of aromatic nitrogens is 4. The summed E-state index contributed by atoms with van der Waals surface area (Å²) in [6.07, 6.45) is 8.84. The second-order valence-electron chi connectivity index (χ2n) is 5.85. The van der Waals surface area contributed by atoms with E-state index in [4.69, 9.17) is 10.5 Å². The van der Waals surface area contributed by atoms with Crippen LogP contribution in [0.5, 0.6) is 0 Å². The molecule has 25 heavy (non-hydrogen) atoms. The standard InChI is InChI=1S/C17H23N7O/c1-12(13-8-23-24(2)11-13)7-15-16(21-4-3-20-15)17(18)22-10-14-9-19-5-6-25-14/h3-4,7-8,11,14,19,22H,1,5-6,9-10,18H2,2H3/b15-7+,17-16-/t14-/m1/s1. The normalized spacial score (nSPS) is 19.6. The molecule has 132 valence electrons.